The lowest BCUT2D eigenvalue weighted by atomic mass is 10.1. The molecule has 0 unspecified atom stereocenters. The minimum atomic E-state index is -0.456. The molecule has 2 rings (SSSR count). The summed E-state index contributed by atoms with van der Waals surface area (Å²) in [5.74, 6) is 0.145. The molecule has 5 nitrogen and oxygen atoms in total. The van der Waals surface area contributed by atoms with Gasteiger partial charge in [0.25, 0.3) is 5.56 Å². The molecule has 0 radical (unpaired) electrons. The average Bonchev–Trinajstić information content (AvgIpc) is 2.68. The summed E-state index contributed by atoms with van der Waals surface area (Å²) >= 11 is 0. The van der Waals surface area contributed by atoms with Gasteiger partial charge in [-0.15, -0.1) is 0 Å². The van der Waals surface area contributed by atoms with Gasteiger partial charge in [0, 0.05) is 0 Å². The largest absolute Gasteiger partial charge is 0.484 e. The fourth-order valence-corrected chi connectivity index (χ4v) is 2.73. The summed E-state index contributed by atoms with van der Waals surface area (Å²) in [6.45, 7) is 9.85. The van der Waals surface area contributed by atoms with Crippen LogP contribution in [0.3, 0.4) is 0 Å². The highest BCUT2D eigenvalue weighted by Crippen LogP contribution is 2.13. The molecule has 2 aromatic rings. The van der Waals surface area contributed by atoms with E-state index in [1.807, 2.05) is 19.9 Å². The first-order valence-corrected chi connectivity index (χ1v) is 10.3. The van der Waals surface area contributed by atoms with Crippen LogP contribution in [-0.2, 0) is 6.54 Å². The molecule has 0 saturated carbocycles. The Labute approximate surface area is 173 Å². The van der Waals surface area contributed by atoms with Gasteiger partial charge in [-0.2, -0.15) is 5.26 Å². The van der Waals surface area contributed by atoms with Crippen molar-refractivity contribution in [1.82, 2.24) is 9.55 Å². The lowest BCUT2D eigenvalue weighted by Gasteiger charge is -2.14. The van der Waals surface area contributed by atoms with Crippen molar-refractivity contribution in [3.8, 4) is 11.8 Å². The monoisotopic (exact) mass is 401 g/mol. The van der Waals surface area contributed by atoms with E-state index in [1.165, 1.54) is 61.1 Å². The Hall–Kier alpha value is -2.68. The van der Waals surface area contributed by atoms with Gasteiger partial charge in [0.1, 0.15) is 11.6 Å². The lowest BCUT2D eigenvalue weighted by molar-refractivity contribution is 0.235. The predicted octanol–water partition coefficient (Wildman–Crippen LogP) is 5.37. The molecule has 0 atom stereocenters. The van der Waals surface area contributed by atoms with E-state index >= 15 is 0 Å². The number of hydrogen-bond donors (Lipinski definition) is 0. The van der Waals surface area contributed by atoms with Gasteiger partial charge in [0.05, 0.1) is 30.5 Å². The van der Waals surface area contributed by atoms with E-state index in [0.717, 1.165) is 0 Å². The average molecular weight is 402 g/mol. The Balaban J connectivity index is 0.000000516. The van der Waals surface area contributed by atoms with E-state index in [4.69, 9.17) is 10.00 Å². The summed E-state index contributed by atoms with van der Waals surface area (Å²) in [5.41, 5.74) is 0.397. The topological polar surface area (TPSA) is 67.9 Å². The van der Waals surface area contributed by atoms with Crippen LogP contribution >= 0.6 is 0 Å². The maximum absolute atomic E-state index is 13.4. The van der Waals surface area contributed by atoms with Crippen LogP contribution in [0.15, 0.2) is 29.2 Å². The van der Waals surface area contributed by atoms with Crippen LogP contribution in [0.4, 0.5) is 4.39 Å². The van der Waals surface area contributed by atoms with E-state index in [2.05, 4.69) is 18.8 Å². The number of halogens is 1. The fraction of sp³-hybridized carbons (Fsp3) is 0.522. The van der Waals surface area contributed by atoms with Crippen molar-refractivity contribution in [2.24, 2.45) is 0 Å². The minimum Gasteiger partial charge on any atom is -0.484 e. The Kier molecular flexibility index (Phi) is 10.7. The molecule has 1 aromatic heterocycles. The summed E-state index contributed by atoms with van der Waals surface area (Å²) in [6.07, 6.45) is 8.23. The molecular formula is C23H32FN3O2. The Morgan fingerprint density at radius 2 is 1.86 bits per heavy atom. The summed E-state index contributed by atoms with van der Waals surface area (Å²) in [4.78, 5) is 16.6. The molecule has 0 bridgehead atoms. The number of benzene rings is 1. The molecule has 0 aliphatic heterocycles. The molecule has 29 heavy (non-hydrogen) atoms. The summed E-state index contributed by atoms with van der Waals surface area (Å²) in [6, 6.07) is 5.86. The van der Waals surface area contributed by atoms with Crippen molar-refractivity contribution < 1.29 is 9.13 Å². The van der Waals surface area contributed by atoms with Crippen molar-refractivity contribution in [3.05, 3.63) is 57.5 Å². The number of rotatable bonds is 8. The molecule has 0 saturated heterocycles. The minimum absolute atomic E-state index is 0.0631. The van der Waals surface area contributed by atoms with E-state index in [1.54, 1.807) is 6.92 Å². The maximum atomic E-state index is 13.4. The van der Waals surface area contributed by atoms with Crippen molar-refractivity contribution in [3.63, 3.8) is 0 Å². The highest BCUT2D eigenvalue weighted by molar-refractivity contribution is 5.38. The molecule has 1 heterocycles. The van der Waals surface area contributed by atoms with Crippen LogP contribution in [0.25, 0.3) is 0 Å². The lowest BCUT2D eigenvalue weighted by Crippen LogP contribution is -2.27. The van der Waals surface area contributed by atoms with Crippen LogP contribution in [0.1, 0.15) is 76.8 Å². The molecule has 6 heteroatoms. The molecule has 1 aromatic carbocycles. The van der Waals surface area contributed by atoms with Gasteiger partial charge in [0.2, 0.25) is 5.75 Å². The van der Waals surface area contributed by atoms with Crippen LogP contribution in [0.5, 0.6) is 5.75 Å². The van der Waals surface area contributed by atoms with Crippen molar-refractivity contribution in [2.75, 3.05) is 0 Å². The number of hydrogen-bond acceptors (Lipinski definition) is 4. The van der Waals surface area contributed by atoms with Crippen molar-refractivity contribution in [1.29, 1.82) is 5.26 Å². The second-order valence-corrected chi connectivity index (χ2v) is 7.20. The summed E-state index contributed by atoms with van der Waals surface area (Å²) < 4.78 is 20.2. The molecular weight excluding hydrogens is 369 g/mol. The zero-order chi connectivity index (χ0) is 21.8. The third kappa shape index (κ3) is 8.06. The van der Waals surface area contributed by atoms with Gasteiger partial charge in [-0.25, -0.2) is 9.37 Å². The van der Waals surface area contributed by atoms with Crippen molar-refractivity contribution in [2.45, 2.75) is 79.4 Å². The molecule has 158 valence electrons. The quantitative estimate of drug-likeness (QED) is 0.557. The molecule has 0 spiro atoms. The van der Waals surface area contributed by atoms with Gasteiger partial charge < -0.3 is 4.74 Å². The maximum Gasteiger partial charge on any atom is 0.296 e. The van der Waals surface area contributed by atoms with E-state index in [-0.39, 0.29) is 24.0 Å². The predicted molar refractivity (Wildman–Crippen MR) is 114 cm³/mol. The van der Waals surface area contributed by atoms with E-state index in [9.17, 15) is 9.18 Å². The number of aromatic nitrogens is 2. The molecule has 0 N–H and O–H groups in total. The number of aryl methyl sites for hydroxylation is 1. The van der Waals surface area contributed by atoms with Crippen molar-refractivity contribution >= 4 is 0 Å². The third-order valence-electron chi connectivity index (χ3n) is 4.30. The first kappa shape index (κ1) is 24.4. The number of unbranched alkanes of at least 4 members (excludes halogenated alkanes) is 4. The number of ether oxygens (including phenoxy) is 1. The normalized spacial score (nSPS) is 10.3. The molecule has 0 fully saturated rings. The summed E-state index contributed by atoms with van der Waals surface area (Å²) in [5, 5.41) is 9.10. The number of nitrogens with zero attached hydrogens (tertiary/aromatic N) is 3. The van der Waals surface area contributed by atoms with E-state index < -0.39 is 5.82 Å². The van der Waals surface area contributed by atoms with Gasteiger partial charge in [-0.1, -0.05) is 46.0 Å². The van der Waals surface area contributed by atoms with Gasteiger partial charge >= 0.3 is 0 Å². The first-order valence-electron chi connectivity index (χ1n) is 10.3. The van der Waals surface area contributed by atoms with Gasteiger partial charge in [-0.3, -0.25) is 9.36 Å². The Bertz CT molecular complexity index is 865. The highest BCUT2D eigenvalue weighted by atomic mass is 19.1. The first-order chi connectivity index (χ1) is 13.8. The van der Waals surface area contributed by atoms with Crippen LogP contribution < -0.4 is 10.3 Å². The van der Waals surface area contributed by atoms with Crippen LogP contribution in [0.2, 0.25) is 0 Å². The molecule has 0 aliphatic carbocycles. The van der Waals surface area contributed by atoms with Gasteiger partial charge in [-0.05, 0) is 44.5 Å². The Morgan fingerprint density at radius 3 is 2.41 bits per heavy atom. The Morgan fingerprint density at radius 1 is 1.21 bits per heavy atom. The zero-order valence-corrected chi connectivity index (χ0v) is 18.2. The fourth-order valence-electron chi connectivity index (χ4n) is 2.73. The summed E-state index contributed by atoms with van der Waals surface area (Å²) in [7, 11) is 0. The van der Waals surface area contributed by atoms with Crippen LogP contribution in [0, 0.1) is 24.1 Å². The second kappa shape index (κ2) is 12.7. The third-order valence-corrected chi connectivity index (χ3v) is 4.30. The van der Waals surface area contributed by atoms with E-state index in [0.29, 0.717) is 17.0 Å². The number of nitriles is 1. The standard InChI is InChI=1S/C16H16FN3O2.C7H16/c1-10(2)22-15-8-19-11(3)20(16(15)21)9-13-6-14(17)5-4-12(13)7-18;1-3-5-7-6-4-2/h4-6,8,10H,9H2,1-3H3;3-7H2,1-2H3. The van der Waals surface area contributed by atoms with Gasteiger partial charge in [0.15, 0.2) is 0 Å². The highest BCUT2D eigenvalue weighted by Gasteiger charge is 2.13. The molecule has 0 amide bonds. The SMILES string of the molecule is CCCCCCC.Cc1ncc(OC(C)C)c(=O)n1Cc1cc(F)ccc1C#N. The second-order valence-electron chi connectivity index (χ2n) is 7.20. The smallest absolute Gasteiger partial charge is 0.296 e. The molecule has 0 aliphatic rings. The van der Waals surface area contributed by atoms with Crippen LogP contribution in [-0.4, -0.2) is 15.7 Å². The zero-order valence-electron chi connectivity index (χ0n) is 18.2.